The Balaban J connectivity index is 2.67. The number of aryl methyl sites for hydroxylation is 1. The van der Waals surface area contributed by atoms with E-state index in [1.54, 1.807) is 19.1 Å². The highest BCUT2D eigenvalue weighted by Crippen LogP contribution is 2.23. The lowest BCUT2D eigenvalue weighted by Gasteiger charge is -2.11. The van der Waals surface area contributed by atoms with E-state index in [-0.39, 0.29) is 5.69 Å². The third kappa shape index (κ3) is 5.82. The minimum Gasteiger partial charge on any atom is -0.399 e. The Labute approximate surface area is 109 Å². The molecule has 0 aliphatic carbocycles. The van der Waals surface area contributed by atoms with E-state index in [0.717, 1.165) is 0 Å². The van der Waals surface area contributed by atoms with Crippen LogP contribution in [0, 0.1) is 6.92 Å². The summed E-state index contributed by atoms with van der Waals surface area (Å²) < 4.78 is 61.3. The van der Waals surface area contributed by atoms with Crippen LogP contribution >= 0.6 is 0 Å². The number of halogens is 3. The van der Waals surface area contributed by atoms with Crippen molar-refractivity contribution in [2.45, 2.75) is 25.9 Å². The molecule has 0 bridgehead atoms. The van der Waals surface area contributed by atoms with E-state index < -0.39 is 34.8 Å². The van der Waals surface area contributed by atoms with Gasteiger partial charge in [0.1, 0.15) is 0 Å². The van der Waals surface area contributed by atoms with Gasteiger partial charge < -0.3 is 5.73 Å². The number of sulfonamides is 1. The first-order valence-electron chi connectivity index (χ1n) is 5.52. The molecule has 3 N–H and O–H groups in total. The number of rotatable bonds is 5. The second-order valence-corrected chi connectivity index (χ2v) is 6.06. The van der Waals surface area contributed by atoms with Crippen molar-refractivity contribution in [1.82, 2.24) is 0 Å². The molecule has 0 aliphatic rings. The van der Waals surface area contributed by atoms with Gasteiger partial charge in [0.15, 0.2) is 0 Å². The van der Waals surface area contributed by atoms with Crippen LogP contribution in [-0.2, 0) is 10.0 Å². The molecule has 19 heavy (non-hydrogen) atoms. The van der Waals surface area contributed by atoms with Gasteiger partial charge in [-0.05, 0) is 31.0 Å². The maximum atomic E-state index is 11.9. The smallest absolute Gasteiger partial charge is 0.389 e. The van der Waals surface area contributed by atoms with E-state index >= 15 is 0 Å². The van der Waals surface area contributed by atoms with Crippen LogP contribution in [0.5, 0.6) is 0 Å². The molecule has 0 fully saturated rings. The van der Waals surface area contributed by atoms with E-state index in [0.29, 0.717) is 11.3 Å². The lowest BCUT2D eigenvalue weighted by atomic mass is 10.2. The minimum atomic E-state index is -4.34. The molecule has 8 heteroatoms. The number of nitrogens with one attached hydrogen (secondary N) is 1. The first kappa shape index (κ1) is 15.6. The highest BCUT2D eigenvalue weighted by Gasteiger charge is 2.27. The standard InChI is InChI=1S/C11H15F3N2O2S/c1-8-3-4-9(15)7-10(8)16-19(17,18)6-2-5-11(12,13)14/h3-4,7,16H,2,5-6,15H2,1H3. The molecule has 4 nitrogen and oxygen atoms in total. The third-order valence-corrected chi connectivity index (χ3v) is 3.76. The van der Waals surface area contributed by atoms with E-state index in [1.165, 1.54) is 6.07 Å². The zero-order chi connectivity index (χ0) is 14.7. The van der Waals surface area contributed by atoms with Crippen molar-refractivity contribution in [2.75, 3.05) is 16.2 Å². The predicted octanol–water partition coefficient (Wildman–Crippen LogP) is 2.66. The normalized spacial score (nSPS) is 12.4. The fourth-order valence-corrected chi connectivity index (χ4v) is 2.61. The van der Waals surface area contributed by atoms with Gasteiger partial charge in [-0.2, -0.15) is 13.2 Å². The van der Waals surface area contributed by atoms with Crippen LogP contribution in [0.1, 0.15) is 18.4 Å². The second kappa shape index (κ2) is 5.68. The molecule has 0 atom stereocenters. The molecule has 1 aromatic carbocycles. The zero-order valence-electron chi connectivity index (χ0n) is 10.3. The molecule has 0 radical (unpaired) electrons. The lowest BCUT2D eigenvalue weighted by Crippen LogP contribution is -2.19. The Bertz CT molecular complexity index is 541. The predicted molar refractivity (Wildman–Crippen MR) is 68.3 cm³/mol. The van der Waals surface area contributed by atoms with E-state index in [2.05, 4.69) is 4.72 Å². The Hall–Kier alpha value is -1.44. The van der Waals surface area contributed by atoms with Gasteiger partial charge in [0, 0.05) is 12.1 Å². The molecule has 0 heterocycles. The fraction of sp³-hybridized carbons (Fsp3) is 0.455. The summed E-state index contributed by atoms with van der Waals surface area (Å²) in [5, 5.41) is 0. The number of anilines is 2. The molecule has 1 aromatic rings. The number of alkyl halides is 3. The lowest BCUT2D eigenvalue weighted by molar-refractivity contribution is -0.134. The van der Waals surface area contributed by atoms with Crippen LogP contribution in [0.4, 0.5) is 24.5 Å². The summed E-state index contributed by atoms with van der Waals surface area (Å²) in [6.07, 6.45) is -5.94. The number of nitrogens with two attached hydrogens (primary N) is 1. The largest absolute Gasteiger partial charge is 0.399 e. The molecule has 108 valence electrons. The van der Waals surface area contributed by atoms with Crippen molar-refractivity contribution >= 4 is 21.4 Å². The fourth-order valence-electron chi connectivity index (χ4n) is 1.43. The van der Waals surface area contributed by atoms with E-state index in [4.69, 9.17) is 5.73 Å². The maximum absolute atomic E-state index is 11.9. The van der Waals surface area contributed by atoms with Crippen LogP contribution in [0.25, 0.3) is 0 Å². The Morgan fingerprint density at radius 3 is 2.53 bits per heavy atom. The highest BCUT2D eigenvalue weighted by molar-refractivity contribution is 7.92. The number of nitrogen functional groups attached to an aromatic ring is 1. The molecule has 0 aromatic heterocycles. The molecule has 0 spiro atoms. The average molecular weight is 296 g/mol. The van der Waals surface area contributed by atoms with Crippen LogP contribution in [0.15, 0.2) is 18.2 Å². The Morgan fingerprint density at radius 1 is 1.32 bits per heavy atom. The number of hydrogen-bond acceptors (Lipinski definition) is 3. The van der Waals surface area contributed by atoms with E-state index in [1.807, 2.05) is 0 Å². The summed E-state index contributed by atoms with van der Waals surface area (Å²) in [6, 6.07) is 4.66. The Kier molecular flexibility index (Phi) is 4.67. The summed E-state index contributed by atoms with van der Waals surface area (Å²) in [7, 11) is -3.80. The molecule has 0 saturated carbocycles. The first-order chi connectivity index (χ1) is 8.59. The first-order valence-corrected chi connectivity index (χ1v) is 7.18. The topological polar surface area (TPSA) is 72.2 Å². The van der Waals surface area contributed by atoms with Crippen molar-refractivity contribution < 1.29 is 21.6 Å². The molecular formula is C11H15F3N2O2S. The van der Waals surface area contributed by atoms with Gasteiger partial charge in [-0.3, -0.25) is 4.72 Å². The van der Waals surface area contributed by atoms with Crippen molar-refractivity contribution in [3.8, 4) is 0 Å². The van der Waals surface area contributed by atoms with Gasteiger partial charge >= 0.3 is 6.18 Å². The van der Waals surface area contributed by atoms with Crippen LogP contribution in [0.3, 0.4) is 0 Å². The van der Waals surface area contributed by atoms with Gasteiger partial charge in [-0.25, -0.2) is 8.42 Å². The van der Waals surface area contributed by atoms with Gasteiger partial charge in [-0.1, -0.05) is 6.07 Å². The maximum Gasteiger partial charge on any atom is 0.389 e. The monoisotopic (exact) mass is 296 g/mol. The zero-order valence-corrected chi connectivity index (χ0v) is 11.1. The second-order valence-electron chi connectivity index (χ2n) is 4.21. The summed E-state index contributed by atoms with van der Waals surface area (Å²) in [6.45, 7) is 1.67. The minimum absolute atomic E-state index is 0.284. The van der Waals surface area contributed by atoms with Gasteiger partial charge in [0.25, 0.3) is 0 Å². The Morgan fingerprint density at radius 2 is 1.95 bits per heavy atom. The molecule has 0 saturated heterocycles. The van der Waals surface area contributed by atoms with Crippen LogP contribution in [0.2, 0.25) is 0 Å². The third-order valence-electron chi connectivity index (χ3n) is 2.40. The van der Waals surface area contributed by atoms with Crippen LogP contribution < -0.4 is 10.5 Å². The highest BCUT2D eigenvalue weighted by atomic mass is 32.2. The van der Waals surface area contributed by atoms with Crippen molar-refractivity contribution in [2.24, 2.45) is 0 Å². The summed E-state index contributed by atoms with van der Waals surface area (Å²) in [4.78, 5) is 0. The molecule has 0 aliphatic heterocycles. The quantitative estimate of drug-likeness (QED) is 0.820. The number of benzene rings is 1. The summed E-state index contributed by atoms with van der Waals surface area (Å²) in [5.74, 6) is -0.583. The van der Waals surface area contributed by atoms with Gasteiger partial charge in [0.05, 0.1) is 11.4 Å². The van der Waals surface area contributed by atoms with E-state index in [9.17, 15) is 21.6 Å². The number of hydrogen-bond donors (Lipinski definition) is 2. The summed E-state index contributed by atoms with van der Waals surface area (Å²) >= 11 is 0. The van der Waals surface area contributed by atoms with Gasteiger partial charge in [-0.15, -0.1) is 0 Å². The molecule has 0 amide bonds. The summed E-state index contributed by atoms with van der Waals surface area (Å²) in [5.41, 5.74) is 6.82. The molecule has 1 rings (SSSR count). The molecule has 0 unspecified atom stereocenters. The average Bonchev–Trinajstić information content (AvgIpc) is 2.20. The van der Waals surface area contributed by atoms with Crippen LogP contribution in [-0.4, -0.2) is 20.3 Å². The van der Waals surface area contributed by atoms with Crippen molar-refractivity contribution in [3.05, 3.63) is 23.8 Å². The van der Waals surface area contributed by atoms with Crippen molar-refractivity contribution in [3.63, 3.8) is 0 Å². The molecular weight excluding hydrogens is 281 g/mol. The van der Waals surface area contributed by atoms with Gasteiger partial charge in [0.2, 0.25) is 10.0 Å². The SMILES string of the molecule is Cc1ccc(N)cc1NS(=O)(=O)CCCC(F)(F)F. The van der Waals surface area contributed by atoms with Crippen molar-refractivity contribution in [1.29, 1.82) is 0 Å².